The smallest absolute Gasteiger partial charge is 0.297 e. The molecule has 9 N–H and O–H groups in total. The predicted molar refractivity (Wildman–Crippen MR) is 322 cm³/mol. The Morgan fingerprint density at radius 2 is 0.744 bits per heavy atom. The van der Waals surface area contributed by atoms with Crippen LogP contribution in [-0.2, 0) is 30.4 Å². The highest BCUT2D eigenvalue weighted by Gasteiger charge is 2.27. The summed E-state index contributed by atoms with van der Waals surface area (Å²) in [5, 5.41) is 56.2. The van der Waals surface area contributed by atoms with Crippen LogP contribution in [0.2, 0.25) is 0 Å². The van der Waals surface area contributed by atoms with Crippen molar-refractivity contribution in [1.29, 1.82) is 0 Å². The molecule has 9 rings (SSSR count). The second-order valence-corrected chi connectivity index (χ2v) is 21.2. The zero-order valence-electron chi connectivity index (χ0n) is 46.4. The van der Waals surface area contributed by atoms with E-state index in [9.17, 15) is 49.1 Å². The van der Waals surface area contributed by atoms with Gasteiger partial charge in [0.15, 0.2) is 11.5 Å². The van der Waals surface area contributed by atoms with Gasteiger partial charge in [-0.05, 0) is 121 Å². The molecule has 428 valence electrons. The monoisotopic (exact) mass is 1170 g/mol. The molecule has 0 aliphatic rings. The van der Waals surface area contributed by atoms with E-state index in [1.807, 2.05) is 85.7 Å². The normalized spacial score (nSPS) is 11.8. The first-order valence-corrected chi connectivity index (χ1v) is 29.7. The summed E-state index contributed by atoms with van der Waals surface area (Å²) in [6.45, 7) is 19.0. The molecule has 0 radical (unpaired) electrons. The molecule has 0 fully saturated rings. The highest BCUT2D eigenvalue weighted by molar-refractivity contribution is 7.86. The Balaban J connectivity index is 0.000000279. The van der Waals surface area contributed by atoms with Gasteiger partial charge in [-0.15, -0.1) is 25.6 Å². The van der Waals surface area contributed by atoms with Crippen LogP contribution >= 0.6 is 0 Å². The Morgan fingerprint density at radius 3 is 1.17 bits per heavy atom. The summed E-state index contributed by atoms with van der Waals surface area (Å²) in [6.07, 6.45) is 0. The number of rotatable bonds is 11. The Hall–Kier alpha value is -8.91. The Labute approximate surface area is 475 Å². The van der Waals surface area contributed by atoms with Gasteiger partial charge >= 0.3 is 0 Å². The van der Waals surface area contributed by atoms with Gasteiger partial charge in [-0.25, -0.2) is 0 Å². The molecular weight excluding hydrogens is 1110 g/mol. The van der Waals surface area contributed by atoms with E-state index in [2.05, 4.69) is 40.9 Å². The highest BCUT2D eigenvalue weighted by atomic mass is 32.2. The fourth-order valence-corrected chi connectivity index (χ4v) is 10.2. The number of anilines is 2. The van der Waals surface area contributed by atoms with Gasteiger partial charge in [0.1, 0.15) is 43.1 Å². The molecule has 9 aromatic rings. The second kappa shape index (κ2) is 27.5. The molecule has 0 amide bonds. The van der Waals surface area contributed by atoms with Crippen LogP contribution in [0.3, 0.4) is 0 Å². The number of nitrogen functional groups attached to an aromatic ring is 2. The largest absolute Gasteiger partial charge is 0.505 e. The van der Waals surface area contributed by atoms with Gasteiger partial charge in [0, 0.05) is 5.39 Å². The van der Waals surface area contributed by atoms with Gasteiger partial charge in [0.25, 0.3) is 30.4 Å². The van der Waals surface area contributed by atoms with Crippen LogP contribution in [0.1, 0.15) is 63.8 Å². The quantitative estimate of drug-likeness (QED) is 0.0360. The minimum Gasteiger partial charge on any atom is -0.505 e. The number of nitrogens with two attached hydrogens (primary N) is 2. The van der Waals surface area contributed by atoms with Crippen molar-refractivity contribution in [3.8, 4) is 11.5 Å². The van der Waals surface area contributed by atoms with E-state index in [1.165, 1.54) is 24.3 Å². The first-order valence-electron chi connectivity index (χ1n) is 25.4. The van der Waals surface area contributed by atoms with Crippen molar-refractivity contribution in [1.82, 2.24) is 0 Å². The van der Waals surface area contributed by atoms with Crippen LogP contribution in [0.4, 0.5) is 56.9 Å². The third-order valence-electron chi connectivity index (χ3n) is 11.8. The van der Waals surface area contributed by atoms with E-state index in [-0.39, 0.29) is 66.8 Å². The summed E-state index contributed by atoms with van der Waals surface area (Å²) >= 11 is 0. The number of fused-ring (bicyclic) bond motifs is 3. The third-order valence-corrected chi connectivity index (χ3v) is 14.5. The van der Waals surface area contributed by atoms with E-state index in [0.717, 1.165) is 17.2 Å². The number of benzene rings is 9. The summed E-state index contributed by atoms with van der Waals surface area (Å²) in [6, 6.07) is 37.7. The van der Waals surface area contributed by atoms with Crippen molar-refractivity contribution in [2.24, 2.45) is 40.9 Å². The van der Waals surface area contributed by atoms with Crippen LogP contribution < -0.4 is 11.5 Å². The standard InChI is InChI=1S/C27H21N5O7S2.C25H23N5O4S.3C2H6/c1-15-13-17-14-21(40(34,35)36)25(32-29-18-8-3-2-4-9-18)23(28)22(17)26(33)24(15)31-30-20-12-11-16-7-5-6-10-19(16)27(20)41(37,38)39;1-14-8-4-6-10-18(14)27-29-23-16(3)12-17-13-20(35(32,33)34)24(22(26)21(17)25(23)31)30-28-19-11-7-5-9-15(19)2;3*1-2/h2-14,33H,28H2,1H3,(H,34,35,36)(H,37,38,39);4-13,31H,26H2,1-3H3,(H,32,33,34);3*1-2H3. The van der Waals surface area contributed by atoms with Gasteiger partial charge < -0.3 is 21.7 Å². The van der Waals surface area contributed by atoms with Gasteiger partial charge in [-0.3, -0.25) is 13.7 Å². The number of azo groups is 4. The van der Waals surface area contributed by atoms with Gasteiger partial charge in [-0.1, -0.05) is 126 Å². The number of hydrogen-bond donors (Lipinski definition) is 7. The Morgan fingerprint density at radius 1 is 0.366 bits per heavy atom. The maximum Gasteiger partial charge on any atom is 0.297 e. The molecule has 0 bridgehead atoms. The van der Waals surface area contributed by atoms with E-state index in [4.69, 9.17) is 11.5 Å². The minimum absolute atomic E-state index is 0.0486. The molecule has 21 nitrogen and oxygen atoms in total. The highest BCUT2D eigenvalue weighted by Crippen LogP contribution is 2.49. The molecule has 82 heavy (non-hydrogen) atoms. The lowest BCUT2D eigenvalue weighted by Crippen LogP contribution is -2.02. The summed E-state index contributed by atoms with van der Waals surface area (Å²) in [5.74, 6) is -0.794. The second-order valence-electron chi connectivity index (χ2n) is 17.0. The Kier molecular flexibility index (Phi) is 21.4. The average molecular weight is 1170 g/mol. The maximum atomic E-state index is 12.2. The zero-order chi connectivity index (χ0) is 60.9. The third kappa shape index (κ3) is 14.5. The van der Waals surface area contributed by atoms with E-state index in [0.29, 0.717) is 33.6 Å². The summed E-state index contributed by atoms with van der Waals surface area (Å²) in [4.78, 5) is -1.60. The van der Waals surface area contributed by atoms with Gasteiger partial charge in [0.05, 0.1) is 39.2 Å². The Bertz CT molecular complexity index is 4310. The molecule has 24 heteroatoms. The lowest BCUT2D eigenvalue weighted by molar-refractivity contribution is 0.480. The van der Waals surface area contributed by atoms with Gasteiger partial charge in [-0.2, -0.15) is 40.6 Å². The summed E-state index contributed by atoms with van der Waals surface area (Å²) in [7, 11) is -14.2. The molecular formula is C58H62N10O11S3. The number of phenolic OH excluding ortho intramolecular Hbond substituents is 2. The molecule has 0 aromatic heterocycles. The van der Waals surface area contributed by atoms with Crippen molar-refractivity contribution in [2.45, 2.75) is 83.9 Å². The average Bonchev–Trinajstić information content (AvgIpc) is 1.79. The van der Waals surface area contributed by atoms with E-state index in [1.54, 1.807) is 92.7 Å². The lowest BCUT2D eigenvalue weighted by atomic mass is 10.0. The van der Waals surface area contributed by atoms with Crippen LogP contribution in [0.25, 0.3) is 32.3 Å². The molecule has 0 heterocycles. The zero-order valence-corrected chi connectivity index (χ0v) is 48.9. The molecule has 0 saturated carbocycles. The molecule has 0 atom stereocenters. The molecule has 0 unspecified atom stereocenters. The number of phenols is 2. The van der Waals surface area contributed by atoms with Crippen LogP contribution in [-0.4, -0.2) is 49.1 Å². The predicted octanol–water partition coefficient (Wildman–Crippen LogP) is 17.1. The SMILES string of the molecule is CC.CC.CC.Cc1cc2cc(S(=O)(=O)O)c(N=Nc3ccccc3)c(N)c2c(O)c1N=Nc1ccc2ccccc2c1S(=O)(=O)O.Cc1ccccc1N=Nc1c(S(=O)(=O)O)cc2cc(C)c(N=Nc3ccccc3C)c(O)c2c1N. The maximum absolute atomic E-state index is 12.2. The molecule has 0 saturated heterocycles. The molecule has 9 aromatic carbocycles. The summed E-state index contributed by atoms with van der Waals surface area (Å²) in [5.41, 5.74) is 15.4. The van der Waals surface area contributed by atoms with Crippen LogP contribution in [0.15, 0.2) is 195 Å². The minimum atomic E-state index is -4.81. The topological polar surface area (TPSA) is 354 Å². The molecule has 0 spiro atoms. The number of aryl methyl sites for hydroxylation is 4. The number of aromatic hydroxyl groups is 2. The first kappa shape index (κ1) is 63.9. The van der Waals surface area contributed by atoms with Crippen molar-refractivity contribution in [3.05, 3.63) is 162 Å². The number of nitrogens with zero attached hydrogens (tertiary/aromatic N) is 8. The van der Waals surface area contributed by atoms with E-state index >= 15 is 0 Å². The fraction of sp³-hybridized carbons (Fsp3) is 0.172. The molecule has 0 aliphatic carbocycles. The van der Waals surface area contributed by atoms with Crippen molar-refractivity contribution < 1.29 is 49.1 Å². The van der Waals surface area contributed by atoms with Crippen molar-refractivity contribution in [2.75, 3.05) is 11.5 Å². The van der Waals surface area contributed by atoms with Crippen LogP contribution in [0.5, 0.6) is 11.5 Å². The number of hydrogen-bond acceptors (Lipinski definition) is 18. The molecule has 0 aliphatic heterocycles. The van der Waals surface area contributed by atoms with Crippen LogP contribution in [0, 0.1) is 27.7 Å². The summed E-state index contributed by atoms with van der Waals surface area (Å²) < 4.78 is 103. The first-order chi connectivity index (χ1) is 38.9. The fourth-order valence-electron chi connectivity index (χ4n) is 8.05. The van der Waals surface area contributed by atoms with Gasteiger partial charge in [0.2, 0.25) is 0 Å². The van der Waals surface area contributed by atoms with E-state index < -0.39 is 56.5 Å². The van der Waals surface area contributed by atoms with Crippen molar-refractivity contribution in [3.63, 3.8) is 0 Å². The van der Waals surface area contributed by atoms with Crippen molar-refractivity contribution >= 4 is 120 Å². The lowest BCUT2D eigenvalue weighted by Gasteiger charge is -2.14.